The number of hydrogen-bond donors (Lipinski definition) is 3. The highest BCUT2D eigenvalue weighted by molar-refractivity contribution is 5.99. The lowest BCUT2D eigenvalue weighted by atomic mass is 10.0. The van der Waals surface area contributed by atoms with E-state index in [0.29, 0.717) is 28.5 Å². The zero-order valence-corrected chi connectivity index (χ0v) is 21.4. The van der Waals surface area contributed by atoms with Crippen molar-refractivity contribution in [1.82, 2.24) is 15.0 Å². The van der Waals surface area contributed by atoms with Gasteiger partial charge in [0.05, 0.1) is 28.7 Å². The van der Waals surface area contributed by atoms with E-state index in [-0.39, 0.29) is 23.9 Å². The van der Waals surface area contributed by atoms with E-state index < -0.39 is 5.91 Å². The second kappa shape index (κ2) is 10.2. The van der Waals surface area contributed by atoms with Crippen LogP contribution in [-0.4, -0.2) is 51.9 Å². The first-order chi connectivity index (χ1) is 19.0. The summed E-state index contributed by atoms with van der Waals surface area (Å²) < 4.78 is 0. The van der Waals surface area contributed by atoms with Crippen molar-refractivity contribution < 1.29 is 9.59 Å². The Morgan fingerprint density at radius 2 is 1.82 bits per heavy atom. The molecule has 3 aromatic rings. The smallest absolute Gasteiger partial charge is 0.252 e. The largest absolute Gasteiger partial charge is 0.381 e. The lowest BCUT2D eigenvalue weighted by molar-refractivity contribution is -0.121. The van der Waals surface area contributed by atoms with Crippen LogP contribution < -0.4 is 26.2 Å². The molecule has 39 heavy (non-hydrogen) atoms. The van der Waals surface area contributed by atoms with Gasteiger partial charge in [0.25, 0.3) is 5.91 Å². The van der Waals surface area contributed by atoms with Crippen LogP contribution in [0.2, 0.25) is 0 Å². The Morgan fingerprint density at radius 1 is 1.00 bits per heavy atom. The predicted molar refractivity (Wildman–Crippen MR) is 147 cm³/mol. The lowest BCUT2D eigenvalue weighted by Gasteiger charge is -2.34. The fourth-order valence-electron chi connectivity index (χ4n) is 5.82. The van der Waals surface area contributed by atoms with Gasteiger partial charge in [-0.3, -0.25) is 9.59 Å². The minimum atomic E-state index is -0.553. The maximum absolute atomic E-state index is 12.6. The number of hydrogen-bond acceptors (Lipinski definition) is 9. The summed E-state index contributed by atoms with van der Waals surface area (Å²) in [6.07, 6.45) is 9.43. The van der Waals surface area contributed by atoms with E-state index in [1.165, 1.54) is 6.20 Å². The Balaban J connectivity index is 1.11. The van der Waals surface area contributed by atoms with Crippen LogP contribution in [0.15, 0.2) is 48.9 Å². The number of nitrogens with zero attached hydrogens (tertiary/aromatic N) is 6. The van der Waals surface area contributed by atoms with Crippen LogP contribution in [-0.2, 0) is 4.79 Å². The molecule has 2 unspecified atom stereocenters. The number of anilines is 5. The maximum atomic E-state index is 12.6. The fraction of sp³-hybridized carbons (Fsp3) is 0.357. The van der Waals surface area contributed by atoms with Crippen LogP contribution in [0.5, 0.6) is 0 Å². The molecule has 198 valence electrons. The Bertz CT molecular complexity index is 1430. The van der Waals surface area contributed by atoms with E-state index in [9.17, 15) is 9.59 Å². The minimum Gasteiger partial charge on any atom is -0.381 e. The molecule has 0 spiro atoms. The van der Waals surface area contributed by atoms with Gasteiger partial charge in [0.1, 0.15) is 23.5 Å². The molecule has 2 saturated heterocycles. The van der Waals surface area contributed by atoms with Crippen molar-refractivity contribution in [2.75, 3.05) is 33.5 Å². The highest BCUT2D eigenvalue weighted by Crippen LogP contribution is 2.41. The average molecular weight is 524 g/mol. The predicted octanol–water partition coefficient (Wildman–Crippen LogP) is 3.18. The quantitative estimate of drug-likeness (QED) is 0.424. The number of carbonyl (C=O) groups is 2. The van der Waals surface area contributed by atoms with Crippen LogP contribution in [0.1, 0.15) is 48.0 Å². The van der Waals surface area contributed by atoms with Crippen molar-refractivity contribution in [2.24, 2.45) is 11.7 Å². The SMILES string of the molecule is N#Cc1ccc(N2CCC(Nc3cc(Nc4ccc(N5C(=O)C6CCC5C6)cn4)ncc3C(N)=O)CC2)nc1. The van der Waals surface area contributed by atoms with E-state index in [1.807, 2.05) is 23.1 Å². The summed E-state index contributed by atoms with van der Waals surface area (Å²) in [7, 11) is 0. The number of nitrogens with one attached hydrogen (secondary N) is 2. The van der Waals surface area contributed by atoms with Crippen molar-refractivity contribution >= 4 is 40.6 Å². The number of nitrogens with two attached hydrogens (primary N) is 1. The molecule has 4 N–H and O–H groups in total. The number of primary amides is 1. The van der Waals surface area contributed by atoms with E-state index in [0.717, 1.165) is 56.7 Å². The molecule has 2 atom stereocenters. The monoisotopic (exact) mass is 523 g/mol. The summed E-state index contributed by atoms with van der Waals surface area (Å²) in [4.78, 5) is 42.0. The molecule has 2 aliphatic heterocycles. The van der Waals surface area contributed by atoms with Crippen molar-refractivity contribution in [3.63, 3.8) is 0 Å². The van der Waals surface area contributed by atoms with Gasteiger partial charge in [-0.2, -0.15) is 5.26 Å². The Kier molecular flexibility index (Phi) is 6.44. The first-order valence-electron chi connectivity index (χ1n) is 13.2. The third-order valence-electron chi connectivity index (χ3n) is 7.86. The molecular formula is C28H29N9O2. The molecule has 1 saturated carbocycles. The van der Waals surface area contributed by atoms with Crippen molar-refractivity contribution in [3.05, 3.63) is 60.0 Å². The number of amides is 2. The van der Waals surface area contributed by atoms with Crippen molar-refractivity contribution in [2.45, 2.75) is 44.2 Å². The van der Waals surface area contributed by atoms with Crippen LogP contribution in [0, 0.1) is 17.2 Å². The number of pyridine rings is 3. The standard InChI is InChI=1S/C28H29N9O2/c29-13-17-1-6-26(33-14-17)36-9-7-19(8-10-36)34-23-12-25(32-16-22(23)27(30)38)35-24-5-4-21(15-31-24)37-20-3-2-18(11-20)28(37)39/h1,4-6,12,14-16,18-20H,2-3,7-11H2,(H2,30,38)(H2,31,32,34,35). The van der Waals surface area contributed by atoms with Gasteiger partial charge in [0.2, 0.25) is 5.91 Å². The number of rotatable bonds is 7. The minimum absolute atomic E-state index is 0.138. The van der Waals surface area contributed by atoms with E-state index in [2.05, 4.69) is 36.6 Å². The number of aromatic nitrogens is 3. The summed E-state index contributed by atoms with van der Waals surface area (Å²) in [5.41, 5.74) is 7.93. The van der Waals surface area contributed by atoms with Crippen LogP contribution >= 0.6 is 0 Å². The summed E-state index contributed by atoms with van der Waals surface area (Å²) in [5.74, 6) is 1.77. The van der Waals surface area contributed by atoms with E-state index in [4.69, 9.17) is 11.0 Å². The molecular weight excluding hydrogens is 494 g/mol. The summed E-state index contributed by atoms with van der Waals surface area (Å²) >= 11 is 0. The normalized spacial score (nSPS) is 20.6. The second-order valence-electron chi connectivity index (χ2n) is 10.3. The average Bonchev–Trinajstić information content (AvgIpc) is 3.56. The zero-order chi connectivity index (χ0) is 26.9. The van der Waals surface area contributed by atoms with Gasteiger partial charge >= 0.3 is 0 Å². The summed E-state index contributed by atoms with van der Waals surface area (Å²) in [6.45, 7) is 1.58. The van der Waals surface area contributed by atoms with Crippen molar-refractivity contribution in [3.8, 4) is 6.07 Å². The molecule has 1 aliphatic carbocycles. The Labute approximate surface area is 226 Å². The van der Waals surface area contributed by atoms with Gasteiger partial charge in [-0.1, -0.05) is 0 Å². The van der Waals surface area contributed by atoms with E-state index in [1.54, 1.807) is 24.5 Å². The number of piperidine rings is 2. The van der Waals surface area contributed by atoms with Gasteiger partial charge in [0.15, 0.2) is 0 Å². The van der Waals surface area contributed by atoms with Gasteiger partial charge < -0.3 is 26.2 Å². The highest BCUT2D eigenvalue weighted by Gasteiger charge is 2.45. The molecule has 3 fully saturated rings. The van der Waals surface area contributed by atoms with Crippen LogP contribution in [0.4, 0.5) is 28.8 Å². The topological polar surface area (TPSA) is 153 Å². The molecule has 6 rings (SSSR count). The molecule has 5 heterocycles. The first-order valence-corrected chi connectivity index (χ1v) is 13.2. The Morgan fingerprint density at radius 3 is 2.46 bits per heavy atom. The highest BCUT2D eigenvalue weighted by atomic mass is 16.2. The lowest BCUT2D eigenvalue weighted by Crippen LogP contribution is -2.39. The first kappa shape index (κ1) is 24.6. The third-order valence-corrected chi connectivity index (χ3v) is 7.86. The number of nitriles is 1. The fourth-order valence-corrected chi connectivity index (χ4v) is 5.82. The summed E-state index contributed by atoms with van der Waals surface area (Å²) in [6, 6.07) is 11.7. The molecule has 11 nitrogen and oxygen atoms in total. The molecule has 0 aromatic carbocycles. The molecule has 0 radical (unpaired) electrons. The van der Waals surface area contributed by atoms with E-state index >= 15 is 0 Å². The third kappa shape index (κ3) is 4.93. The molecule has 3 aliphatic rings. The molecule has 2 bridgehead atoms. The molecule has 2 amide bonds. The second-order valence-corrected chi connectivity index (χ2v) is 10.3. The Hall–Kier alpha value is -4.72. The van der Waals surface area contributed by atoms with Crippen LogP contribution in [0.25, 0.3) is 0 Å². The van der Waals surface area contributed by atoms with Gasteiger partial charge in [-0.25, -0.2) is 15.0 Å². The van der Waals surface area contributed by atoms with Gasteiger partial charge in [-0.05, 0) is 56.4 Å². The summed E-state index contributed by atoms with van der Waals surface area (Å²) in [5, 5.41) is 15.7. The maximum Gasteiger partial charge on any atom is 0.252 e. The zero-order valence-electron chi connectivity index (χ0n) is 21.4. The molecule has 3 aromatic heterocycles. The number of carbonyl (C=O) groups excluding carboxylic acids is 2. The van der Waals surface area contributed by atoms with Gasteiger partial charge in [0, 0.05) is 49.6 Å². The van der Waals surface area contributed by atoms with Crippen LogP contribution in [0.3, 0.4) is 0 Å². The van der Waals surface area contributed by atoms with Crippen molar-refractivity contribution in [1.29, 1.82) is 5.26 Å². The molecule has 11 heteroatoms. The van der Waals surface area contributed by atoms with Gasteiger partial charge in [-0.15, -0.1) is 0 Å². The number of fused-ring (bicyclic) bond motifs is 2.